The summed E-state index contributed by atoms with van der Waals surface area (Å²) >= 11 is 6.12. The van der Waals surface area contributed by atoms with Crippen LogP contribution >= 0.6 is 11.6 Å². The molecule has 2 rings (SSSR count). The van der Waals surface area contributed by atoms with Gasteiger partial charge in [0.1, 0.15) is 17.5 Å². The van der Waals surface area contributed by atoms with Gasteiger partial charge in [-0.15, -0.1) is 0 Å². The summed E-state index contributed by atoms with van der Waals surface area (Å²) in [5, 5.41) is 0.307. The van der Waals surface area contributed by atoms with Gasteiger partial charge in [-0.25, -0.2) is 4.98 Å². The highest BCUT2D eigenvalue weighted by atomic mass is 35.5. The highest BCUT2D eigenvalue weighted by Gasteiger charge is 2.10. The molecule has 0 fully saturated rings. The van der Waals surface area contributed by atoms with Crippen molar-refractivity contribution in [1.82, 2.24) is 14.9 Å². The van der Waals surface area contributed by atoms with Gasteiger partial charge in [0.15, 0.2) is 5.82 Å². The van der Waals surface area contributed by atoms with E-state index in [9.17, 15) is 4.79 Å². The standard InChI is InChI=1S/C19H25ClN4O3/c1-13(9-17(21)25)12-27-15-6-4-5-14(10-15)19-22-16(20)11-18(23-19)26-8-7-24(2)3/h4-6,10-11,13H,7-9,12H2,1-3H3,(H2,21,25). The zero-order chi connectivity index (χ0) is 19.8. The van der Waals surface area contributed by atoms with Crippen molar-refractivity contribution < 1.29 is 14.3 Å². The molecular weight excluding hydrogens is 368 g/mol. The fraction of sp³-hybridized carbons (Fsp3) is 0.421. The topological polar surface area (TPSA) is 90.6 Å². The molecule has 1 heterocycles. The van der Waals surface area contributed by atoms with E-state index < -0.39 is 0 Å². The molecule has 0 spiro atoms. The van der Waals surface area contributed by atoms with E-state index in [1.54, 1.807) is 6.07 Å². The highest BCUT2D eigenvalue weighted by Crippen LogP contribution is 2.25. The van der Waals surface area contributed by atoms with Gasteiger partial charge in [0.05, 0.1) is 6.61 Å². The zero-order valence-electron chi connectivity index (χ0n) is 15.8. The Kier molecular flexibility index (Phi) is 7.82. The smallest absolute Gasteiger partial charge is 0.218 e. The maximum Gasteiger partial charge on any atom is 0.218 e. The van der Waals surface area contributed by atoms with E-state index in [4.69, 9.17) is 26.8 Å². The number of halogens is 1. The second-order valence-corrected chi connectivity index (χ2v) is 7.01. The Morgan fingerprint density at radius 1 is 1.26 bits per heavy atom. The first kappa shape index (κ1) is 20.9. The molecule has 1 atom stereocenters. The van der Waals surface area contributed by atoms with Gasteiger partial charge >= 0.3 is 0 Å². The van der Waals surface area contributed by atoms with Gasteiger partial charge < -0.3 is 20.1 Å². The van der Waals surface area contributed by atoms with Crippen LogP contribution < -0.4 is 15.2 Å². The first-order valence-corrected chi connectivity index (χ1v) is 9.05. The Bertz CT molecular complexity index is 770. The lowest BCUT2D eigenvalue weighted by molar-refractivity contribution is -0.119. The molecule has 2 aromatic rings. The molecule has 1 amide bonds. The minimum Gasteiger partial charge on any atom is -0.493 e. The Hall–Kier alpha value is -2.38. The van der Waals surface area contributed by atoms with Gasteiger partial charge in [-0.3, -0.25) is 4.79 Å². The Morgan fingerprint density at radius 2 is 2.04 bits per heavy atom. The molecule has 146 valence electrons. The largest absolute Gasteiger partial charge is 0.493 e. The number of hydrogen-bond donors (Lipinski definition) is 1. The SMILES string of the molecule is CC(COc1cccc(-c2nc(Cl)cc(OCCN(C)C)n2)c1)CC(N)=O. The van der Waals surface area contributed by atoms with Crippen LogP contribution in [0.2, 0.25) is 5.15 Å². The minimum atomic E-state index is -0.339. The van der Waals surface area contributed by atoms with Crippen LogP contribution in [0, 0.1) is 5.92 Å². The summed E-state index contributed by atoms with van der Waals surface area (Å²) < 4.78 is 11.4. The Balaban J connectivity index is 2.09. The van der Waals surface area contributed by atoms with Crippen LogP contribution in [0.15, 0.2) is 30.3 Å². The lowest BCUT2D eigenvalue weighted by Crippen LogP contribution is -2.19. The fourth-order valence-corrected chi connectivity index (χ4v) is 2.47. The van der Waals surface area contributed by atoms with Crippen LogP contribution in [0.5, 0.6) is 11.6 Å². The van der Waals surface area contributed by atoms with Crippen LogP contribution in [0.1, 0.15) is 13.3 Å². The summed E-state index contributed by atoms with van der Waals surface area (Å²) in [7, 11) is 3.94. The number of rotatable bonds is 10. The third-order valence-electron chi connectivity index (χ3n) is 3.64. The molecule has 1 unspecified atom stereocenters. The molecule has 0 saturated heterocycles. The maximum absolute atomic E-state index is 11.0. The van der Waals surface area contributed by atoms with Gasteiger partial charge in [-0.05, 0) is 32.1 Å². The van der Waals surface area contributed by atoms with Crippen molar-refractivity contribution in [2.75, 3.05) is 33.9 Å². The third kappa shape index (κ3) is 7.40. The average Bonchev–Trinajstić information content (AvgIpc) is 2.59. The summed E-state index contributed by atoms with van der Waals surface area (Å²) in [6.07, 6.45) is 0.282. The van der Waals surface area contributed by atoms with Gasteiger partial charge in [-0.2, -0.15) is 4.98 Å². The molecule has 0 aliphatic carbocycles. The summed E-state index contributed by atoms with van der Waals surface area (Å²) in [4.78, 5) is 21.7. The summed E-state index contributed by atoms with van der Waals surface area (Å²) in [6, 6.07) is 8.97. The fourth-order valence-electron chi connectivity index (χ4n) is 2.30. The molecule has 7 nitrogen and oxygen atoms in total. The zero-order valence-corrected chi connectivity index (χ0v) is 16.6. The molecule has 0 aliphatic heterocycles. The minimum absolute atomic E-state index is 0.0327. The van der Waals surface area contributed by atoms with Crippen molar-refractivity contribution in [2.45, 2.75) is 13.3 Å². The van der Waals surface area contributed by atoms with Crippen molar-refractivity contribution in [1.29, 1.82) is 0 Å². The quantitative estimate of drug-likeness (QED) is 0.625. The number of nitrogens with zero attached hydrogens (tertiary/aromatic N) is 3. The molecule has 1 aromatic heterocycles. The van der Waals surface area contributed by atoms with E-state index >= 15 is 0 Å². The summed E-state index contributed by atoms with van der Waals surface area (Å²) in [5.74, 6) is 1.23. The second kappa shape index (κ2) is 10.1. The number of carbonyl (C=O) groups is 1. The van der Waals surface area contributed by atoms with E-state index in [-0.39, 0.29) is 18.2 Å². The molecular formula is C19H25ClN4O3. The number of likely N-dealkylation sites (N-methyl/N-ethyl adjacent to an activating group) is 1. The summed E-state index contributed by atoms with van der Waals surface area (Å²) in [6.45, 7) is 3.57. The van der Waals surface area contributed by atoms with Crippen molar-refractivity contribution in [2.24, 2.45) is 11.7 Å². The number of primary amides is 1. The lowest BCUT2D eigenvalue weighted by atomic mass is 10.1. The van der Waals surface area contributed by atoms with E-state index in [0.29, 0.717) is 35.8 Å². The number of nitrogens with two attached hydrogens (primary N) is 1. The molecule has 0 saturated carbocycles. The van der Waals surface area contributed by atoms with Crippen molar-refractivity contribution in [3.8, 4) is 23.0 Å². The molecule has 0 aliphatic rings. The van der Waals surface area contributed by atoms with Gasteiger partial charge in [0, 0.05) is 24.6 Å². The monoisotopic (exact) mass is 392 g/mol. The number of hydrogen-bond acceptors (Lipinski definition) is 6. The normalized spacial score (nSPS) is 12.0. The molecule has 0 radical (unpaired) electrons. The van der Waals surface area contributed by atoms with Crippen LogP contribution in [0.4, 0.5) is 0 Å². The third-order valence-corrected chi connectivity index (χ3v) is 3.83. The number of ether oxygens (including phenoxy) is 2. The number of amides is 1. The highest BCUT2D eigenvalue weighted by molar-refractivity contribution is 6.29. The van der Waals surface area contributed by atoms with Crippen molar-refractivity contribution >= 4 is 17.5 Å². The average molecular weight is 393 g/mol. The maximum atomic E-state index is 11.0. The van der Waals surface area contributed by atoms with Crippen LogP contribution in [-0.2, 0) is 4.79 Å². The molecule has 0 bridgehead atoms. The summed E-state index contributed by atoms with van der Waals surface area (Å²) in [5.41, 5.74) is 5.96. The van der Waals surface area contributed by atoms with Crippen molar-refractivity contribution in [3.05, 3.63) is 35.5 Å². The predicted octanol–water partition coefficient (Wildman–Crippen LogP) is 2.63. The Labute approximate surface area is 164 Å². The first-order valence-electron chi connectivity index (χ1n) is 8.67. The van der Waals surface area contributed by atoms with E-state index in [1.807, 2.05) is 50.2 Å². The van der Waals surface area contributed by atoms with E-state index in [0.717, 1.165) is 12.1 Å². The van der Waals surface area contributed by atoms with E-state index in [1.165, 1.54) is 0 Å². The lowest BCUT2D eigenvalue weighted by Gasteiger charge is -2.13. The first-order chi connectivity index (χ1) is 12.8. The van der Waals surface area contributed by atoms with Crippen LogP contribution in [0.3, 0.4) is 0 Å². The molecule has 27 heavy (non-hydrogen) atoms. The van der Waals surface area contributed by atoms with Gasteiger partial charge in [-0.1, -0.05) is 30.7 Å². The van der Waals surface area contributed by atoms with Gasteiger partial charge in [0.25, 0.3) is 0 Å². The second-order valence-electron chi connectivity index (χ2n) is 6.62. The van der Waals surface area contributed by atoms with Crippen molar-refractivity contribution in [3.63, 3.8) is 0 Å². The number of aromatic nitrogens is 2. The number of carbonyl (C=O) groups excluding carboxylic acids is 1. The molecule has 8 heteroatoms. The van der Waals surface area contributed by atoms with Crippen LogP contribution in [0.25, 0.3) is 11.4 Å². The van der Waals surface area contributed by atoms with Gasteiger partial charge in [0.2, 0.25) is 11.8 Å². The van der Waals surface area contributed by atoms with E-state index in [2.05, 4.69) is 9.97 Å². The predicted molar refractivity (Wildman–Crippen MR) is 105 cm³/mol. The van der Waals surface area contributed by atoms with Crippen LogP contribution in [-0.4, -0.2) is 54.6 Å². The molecule has 2 N–H and O–H groups in total. The number of benzene rings is 1. The Morgan fingerprint density at radius 3 is 2.74 bits per heavy atom. The molecule has 1 aromatic carbocycles.